The summed E-state index contributed by atoms with van der Waals surface area (Å²) in [6.07, 6.45) is -5.29. The Hall–Kier alpha value is -3.28. The Morgan fingerprint density at radius 3 is 2.14 bits per heavy atom. The molecule has 0 atom stereocenters. The second-order valence-electron chi connectivity index (χ2n) is 8.80. The molecule has 6 nitrogen and oxygen atoms in total. The fraction of sp³-hybridized carbons (Fsp3) is 0.440. The zero-order valence-electron chi connectivity index (χ0n) is 19.8. The lowest BCUT2D eigenvalue weighted by Gasteiger charge is -2.41. The fourth-order valence-corrected chi connectivity index (χ4v) is 3.85. The van der Waals surface area contributed by atoms with E-state index in [4.69, 9.17) is 9.90 Å². The lowest BCUT2D eigenvalue weighted by atomic mass is 10.1. The number of halogens is 6. The second kappa shape index (κ2) is 11.8. The maximum Gasteiger partial charge on any atom is 0.490 e. The van der Waals surface area contributed by atoms with E-state index >= 15 is 0 Å². The van der Waals surface area contributed by atoms with E-state index in [1.807, 2.05) is 35.3 Å². The zero-order chi connectivity index (χ0) is 27.2. The minimum absolute atomic E-state index is 0.0609. The summed E-state index contributed by atoms with van der Waals surface area (Å²) in [7, 11) is 0. The summed E-state index contributed by atoms with van der Waals surface area (Å²) in [4.78, 5) is 21.2. The first kappa shape index (κ1) is 28.3. The molecular weight excluding hydrogens is 504 g/mol. The third-order valence-corrected chi connectivity index (χ3v) is 5.88. The van der Waals surface area contributed by atoms with Crippen LogP contribution in [0.25, 0.3) is 0 Å². The van der Waals surface area contributed by atoms with Crippen LogP contribution in [-0.4, -0.2) is 53.8 Å². The maximum absolute atomic E-state index is 13.9. The van der Waals surface area contributed by atoms with Crippen molar-refractivity contribution in [1.82, 2.24) is 10.3 Å². The van der Waals surface area contributed by atoms with E-state index in [0.717, 1.165) is 43.7 Å². The summed E-state index contributed by atoms with van der Waals surface area (Å²) in [5.74, 6) is -3.19. The molecule has 12 heteroatoms. The third-order valence-electron chi connectivity index (χ3n) is 5.88. The molecular formula is C25H27F6N3O3. The van der Waals surface area contributed by atoms with Crippen molar-refractivity contribution in [2.75, 3.05) is 24.6 Å². The SMILES string of the molecule is O=C(NC1CC1)c1ccc(N2CCCCN2CCc2ccccc2)c(C(F)(F)F)c1.O=C(O)C(F)(F)F. The van der Waals surface area contributed by atoms with Gasteiger partial charge in [0, 0.05) is 31.2 Å². The number of carbonyl (C=O) groups is 2. The van der Waals surface area contributed by atoms with Crippen molar-refractivity contribution < 1.29 is 41.0 Å². The Morgan fingerprint density at radius 1 is 0.946 bits per heavy atom. The highest BCUT2D eigenvalue weighted by atomic mass is 19.4. The second-order valence-corrected chi connectivity index (χ2v) is 8.80. The van der Waals surface area contributed by atoms with Gasteiger partial charge in [0.25, 0.3) is 5.91 Å². The van der Waals surface area contributed by atoms with Crippen molar-refractivity contribution in [3.63, 3.8) is 0 Å². The molecule has 0 bridgehead atoms. The normalized spacial score (nSPS) is 16.5. The number of carboxylic acids is 1. The number of alkyl halides is 6. The summed E-state index contributed by atoms with van der Waals surface area (Å²) in [5.41, 5.74) is 0.591. The molecule has 0 radical (unpaired) electrons. The predicted molar refractivity (Wildman–Crippen MR) is 124 cm³/mol. The van der Waals surface area contributed by atoms with E-state index < -0.39 is 29.8 Å². The van der Waals surface area contributed by atoms with Gasteiger partial charge in [-0.05, 0) is 55.9 Å². The van der Waals surface area contributed by atoms with Gasteiger partial charge in [-0.25, -0.2) is 9.80 Å². The predicted octanol–water partition coefficient (Wildman–Crippen LogP) is 5.29. The standard InChI is InChI=1S/C23H26F3N3O.C2HF3O2/c24-23(25,26)20-16-18(22(30)27-19-9-10-19)8-11-21(20)29-14-5-4-13-28(29)15-12-17-6-2-1-3-7-17;3-2(4,5)1(6)7/h1-3,6-8,11,16,19H,4-5,9-10,12-15H2,(H,27,30);(H,6,7). The minimum atomic E-state index is -5.08. The first-order valence-electron chi connectivity index (χ1n) is 11.7. The maximum atomic E-state index is 13.9. The van der Waals surface area contributed by atoms with Gasteiger partial charge < -0.3 is 15.4 Å². The van der Waals surface area contributed by atoms with E-state index in [1.54, 1.807) is 5.01 Å². The summed E-state index contributed by atoms with van der Waals surface area (Å²) in [6, 6.07) is 14.0. The van der Waals surface area contributed by atoms with E-state index in [1.165, 1.54) is 12.1 Å². The Labute approximate surface area is 209 Å². The molecule has 2 aromatic carbocycles. The number of aliphatic carboxylic acids is 1. The van der Waals surface area contributed by atoms with Gasteiger partial charge >= 0.3 is 18.3 Å². The van der Waals surface area contributed by atoms with Crippen LogP contribution < -0.4 is 10.3 Å². The van der Waals surface area contributed by atoms with Crippen molar-refractivity contribution in [1.29, 1.82) is 0 Å². The quantitative estimate of drug-likeness (QED) is 0.496. The molecule has 2 aliphatic rings. The summed E-state index contributed by atoms with van der Waals surface area (Å²) in [5, 5.41) is 13.6. The number of hydrazine groups is 1. The molecule has 1 aliphatic carbocycles. The van der Waals surface area contributed by atoms with E-state index in [9.17, 15) is 31.1 Å². The number of carbonyl (C=O) groups excluding carboxylic acids is 1. The van der Waals surface area contributed by atoms with Crippen LogP contribution in [0, 0.1) is 0 Å². The molecule has 0 aromatic heterocycles. The van der Waals surface area contributed by atoms with Gasteiger partial charge in [0.05, 0.1) is 11.3 Å². The van der Waals surface area contributed by atoms with Crippen LogP contribution >= 0.6 is 0 Å². The van der Waals surface area contributed by atoms with E-state index in [0.29, 0.717) is 19.6 Å². The molecule has 2 N–H and O–H groups in total. The van der Waals surface area contributed by atoms with Crippen molar-refractivity contribution >= 4 is 17.6 Å². The average molecular weight is 531 g/mol. The number of nitrogens with one attached hydrogen (secondary N) is 1. The Balaban J connectivity index is 0.000000479. The molecule has 1 saturated heterocycles. The largest absolute Gasteiger partial charge is 0.490 e. The lowest BCUT2D eigenvalue weighted by molar-refractivity contribution is -0.192. The molecule has 1 aliphatic heterocycles. The Kier molecular flexibility index (Phi) is 9.06. The zero-order valence-corrected chi connectivity index (χ0v) is 19.8. The molecule has 2 fully saturated rings. The van der Waals surface area contributed by atoms with Crippen LogP contribution in [0.15, 0.2) is 48.5 Å². The molecule has 0 spiro atoms. The van der Waals surface area contributed by atoms with Gasteiger partial charge in [0.15, 0.2) is 0 Å². The van der Waals surface area contributed by atoms with Crippen LogP contribution in [0.4, 0.5) is 32.0 Å². The van der Waals surface area contributed by atoms with Crippen molar-refractivity contribution in [3.05, 3.63) is 65.2 Å². The third kappa shape index (κ3) is 8.38. The minimum Gasteiger partial charge on any atom is -0.475 e. The molecule has 37 heavy (non-hydrogen) atoms. The summed E-state index contributed by atoms with van der Waals surface area (Å²) >= 11 is 0. The number of rotatable bonds is 6. The smallest absolute Gasteiger partial charge is 0.475 e. The number of amides is 1. The number of nitrogens with zero attached hydrogens (tertiary/aromatic N) is 2. The number of carboxylic acid groups (broad SMARTS) is 1. The van der Waals surface area contributed by atoms with Gasteiger partial charge in [-0.1, -0.05) is 30.3 Å². The van der Waals surface area contributed by atoms with Crippen LogP contribution in [0.1, 0.15) is 47.2 Å². The first-order chi connectivity index (χ1) is 17.4. The molecule has 1 saturated carbocycles. The number of hydrogen-bond donors (Lipinski definition) is 2. The number of benzene rings is 2. The monoisotopic (exact) mass is 531 g/mol. The van der Waals surface area contributed by atoms with Gasteiger partial charge in [0.1, 0.15) is 0 Å². The van der Waals surface area contributed by atoms with Crippen LogP contribution in [0.3, 0.4) is 0 Å². The van der Waals surface area contributed by atoms with Crippen LogP contribution in [0.2, 0.25) is 0 Å². The van der Waals surface area contributed by atoms with Crippen LogP contribution in [-0.2, 0) is 17.4 Å². The lowest BCUT2D eigenvalue weighted by Crippen LogP contribution is -2.49. The topological polar surface area (TPSA) is 72.9 Å². The van der Waals surface area contributed by atoms with Gasteiger partial charge in [-0.2, -0.15) is 26.3 Å². The molecule has 0 unspecified atom stereocenters. The number of anilines is 1. The van der Waals surface area contributed by atoms with E-state index in [-0.39, 0.29) is 17.3 Å². The van der Waals surface area contributed by atoms with E-state index in [2.05, 4.69) is 5.32 Å². The van der Waals surface area contributed by atoms with Gasteiger partial charge in [-0.3, -0.25) is 4.79 Å². The highest BCUT2D eigenvalue weighted by molar-refractivity contribution is 5.95. The van der Waals surface area contributed by atoms with Crippen molar-refractivity contribution in [3.8, 4) is 0 Å². The fourth-order valence-electron chi connectivity index (χ4n) is 3.85. The van der Waals surface area contributed by atoms with Crippen molar-refractivity contribution in [2.45, 2.75) is 50.5 Å². The van der Waals surface area contributed by atoms with Gasteiger partial charge in [-0.15, -0.1) is 0 Å². The average Bonchev–Trinajstić information content (AvgIpc) is 3.66. The highest BCUT2D eigenvalue weighted by Crippen LogP contribution is 2.39. The Morgan fingerprint density at radius 2 is 1.57 bits per heavy atom. The Bertz CT molecular complexity index is 1070. The van der Waals surface area contributed by atoms with Crippen molar-refractivity contribution in [2.24, 2.45) is 0 Å². The molecule has 2 aromatic rings. The van der Waals surface area contributed by atoms with Crippen LogP contribution in [0.5, 0.6) is 0 Å². The number of hydrogen-bond acceptors (Lipinski definition) is 4. The summed E-state index contributed by atoms with van der Waals surface area (Å²) < 4.78 is 73.5. The molecule has 1 amide bonds. The molecule has 202 valence electrons. The summed E-state index contributed by atoms with van der Waals surface area (Å²) in [6.45, 7) is 1.89. The first-order valence-corrected chi connectivity index (χ1v) is 11.7. The molecule has 4 rings (SSSR count). The molecule has 1 heterocycles. The highest BCUT2D eigenvalue weighted by Gasteiger charge is 2.39. The van der Waals surface area contributed by atoms with Gasteiger partial charge in [0.2, 0.25) is 0 Å².